The van der Waals surface area contributed by atoms with E-state index in [9.17, 15) is 8.42 Å². The third kappa shape index (κ3) is 5.19. The van der Waals surface area contributed by atoms with Crippen LogP contribution in [-0.2, 0) is 16.6 Å². The van der Waals surface area contributed by atoms with Gasteiger partial charge in [-0.15, -0.1) is 0 Å². The maximum Gasteiger partial charge on any atom is 0.261 e. The fourth-order valence-electron chi connectivity index (χ4n) is 3.37. The lowest BCUT2D eigenvalue weighted by Crippen LogP contribution is -2.29. The van der Waals surface area contributed by atoms with E-state index in [1.165, 1.54) is 5.56 Å². The number of rotatable bonds is 7. The Hall–Kier alpha value is -1.76. The number of nitrogens with zero attached hydrogens (tertiary/aromatic N) is 2. The van der Waals surface area contributed by atoms with Crippen molar-refractivity contribution in [3.05, 3.63) is 48.2 Å². The van der Waals surface area contributed by atoms with Crippen LogP contribution in [0.4, 0.5) is 0 Å². The summed E-state index contributed by atoms with van der Waals surface area (Å²) in [6.45, 7) is 9.67. The molecular weight excluding hydrogens is 370 g/mol. The van der Waals surface area contributed by atoms with Gasteiger partial charge in [0, 0.05) is 31.4 Å². The van der Waals surface area contributed by atoms with Crippen LogP contribution in [0.2, 0.25) is 0 Å². The minimum Gasteiger partial charge on any atom is -0.313 e. The first-order valence-electron chi connectivity index (χ1n) is 10.0. The lowest BCUT2D eigenvalue weighted by molar-refractivity contribution is 0.366. The highest BCUT2D eigenvalue weighted by molar-refractivity contribution is 7.89. The summed E-state index contributed by atoms with van der Waals surface area (Å²) in [5.74, 6) is 0. The highest BCUT2D eigenvalue weighted by Gasteiger charge is 2.30. The molecule has 0 radical (unpaired) electrons. The molecule has 1 fully saturated rings. The van der Waals surface area contributed by atoms with Gasteiger partial charge in [0.1, 0.15) is 0 Å². The molecule has 0 spiro atoms. The number of nitrogens with one attached hydrogen (secondary N) is 1. The van der Waals surface area contributed by atoms with Gasteiger partial charge in [0.15, 0.2) is 5.03 Å². The molecule has 0 saturated carbocycles. The second kappa shape index (κ2) is 8.72. The fourth-order valence-corrected chi connectivity index (χ4v) is 5.01. The first kappa shape index (κ1) is 21.0. The van der Waals surface area contributed by atoms with Gasteiger partial charge >= 0.3 is 0 Å². The van der Waals surface area contributed by atoms with Crippen molar-refractivity contribution in [2.45, 2.75) is 51.6 Å². The lowest BCUT2D eigenvalue weighted by Gasteiger charge is -2.18. The second-order valence-electron chi connectivity index (χ2n) is 8.65. The summed E-state index contributed by atoms with van der Waals surface area (Å²) in [6.07, 6.45) is 4.51. The van der Waals surface area contributed by atoms with E-state index in [1.54, 1.807) is 16.6 Å². The van der Waals surface area contributed by atoms with Gasteiger partial charge in [0.05, 0.1) is 0 Å². The molecule has 152 valence electrons. The number of hydrogen-bond acceptors (Lipinski definition) is 4. The molecule has 2 heterocycles. The maximum atomic E-state index is 13.0. The third-order valence-electron chi connectivity index (χ3n) is 5.07. The van der Waals surface area contributed by atoms with Crippen molar-refractivity contribution in [3.63, 3.8) is 0 Å². The molecule has 1 aliphatic rings. The molecule has 0 bridgehead atoms. The average Bonchev–Trinajstić information content (AvgIpc) is 3.21. The molecule has 1 N–H and O–H groups in total. The highest BCUT2D eigenvalue weighted by Crippen LogP contribution is 2.29. The van der Waals surface area contributed by atoms with Crippen molar-refractivity contribution < 1.29 is 8.42 Å². The topological polar surface area (TPSA) is 62.3 Å². The molecule has 3 rings (SSSR count). The molecule has 2 aromatic rings. The Morgan fingerprint density at radius 1 is 1.07 bits per heavy atom. The Balaban J connectivity index is 1.74. The van der Waals surface area contributed by atoms with Crippen molar-refractivity contribution in [2.24, 2.45) is 5.41 Å². The first-order valence-corrected chi connectivity index (χ1v) is 11.5. The quantitative estimate of drug-likeness (QED) is 0.711. The van der Waals surface area contributed by atoms with Crippen LogP contribution in [0, 0.1) is 5.41 Å². The largest absolute Gasteiger partial charge is 0.313 e. The van der Waals surface area contributed by atoms with Crippen LogP contribution in [0.25, 0.3) is 11.1 Å². The number of pyridine rings is 1. The summed E-state index contributed by atoms with van der Waals surface area (Å²) in [4.78, 5) is 4.24. The van der Waals surface area contributed by atoms with Gasteiger partial charge in [0.2, 0.25) is 0 Å². The van der Waals surface area contributed by atoms with Crippen molar-refractivity contribution in [2.75, 3.05) is 19.6 Å². The predicted molar refractivity (Wildman–Crippen MR) is 113 cm³/mol. The molecule has 0 unspecified atom stereocenters. The molecule has 0 atom stereocenters. The number of aromatic nitrogens is 1. The van der Waals surface area contributed by atoms with E-state index in [4.69, 9.17) is 0 Å². The smallest absolute Gasteiger partial charge is 0.261 e. The summed E-state index contributed by atoms with van der Waals surface area (Å²) in [7, 11) is -3.55. The zero-order chi connectivity index (χ0) is 20.2. The van der Waals surface area contributed by atoms with Crippen LogP contribution in [0.15, 0.2) is 47.6 Å². The van der Waals surface area contributed by atoms with Crippen LogP contribution in [0.1, 0.15) is 45.6 Å². The van der Waals surface area contributed by atoms with Crippen LogP contribution in [-0.4, -0.2) is 37.3 Å². The molecule has 5 nitrogen and oxygen atoms in total. The fraction of sp³-hybridized carbons (Fsp3) is 0.500. The van der Waals surface area contributed by atoms with Gasteiger partial charge in [-0.1, -0.05) is 45.0 Å². The lowest BCUT2D eigenvalue weighted by atomic mass is 9.92. The number of benzene rings is 1. The molecule has 28 heavy (non-hydrogen) atoms. The molecule has 1 aromatic carbocycles. The summed E-state index contributed by atoms with van der Waals surface area (Å²) in [6, 6.07) is 11.7. The van der Waals surface area contributed by atoms with Crippen LogP contribution >= 0.6 is 0 Å². The predicted octanol–water partition coefficient (Wildman–Crippen LogP) is 4.06. The monoisotopic (exact) mass is 401 g/mol. The Labute approximate surface area is 169 Å². The summed E-state index contributed by atoms with van der Waals surface area (Å²) in [5, 5.41) is 3.64. The molecule has 0 amide bonds. The average molecular weight is 402 g/mol. The Bertz CT molecular complexity index is 881. The van der Waals surface area contributed by atoms with E-state index in [-0.39, 0.29) is 5.03 Å². The van der Waals surface area contributed by atoms with Gasteiger partial charge in [-0.2, -0.15) is 4.31 Å². The third-order valence-corrected chi connectivity index (χ3v) is 6.93. The Morgan fingerprint density at radius 2 is 1.75 bits per heavy atom. The van der Waals surface area contributed by atoms with Crippen molar-refractivity contribution in [1.29, 1.82) is 0 Å². The van der Waals surface area contributed by atoms with E-state index in [0.29, 0.717) is 24.1 Å². The zero-order valence-corrected chi connectivity index (χ0v) is 17.9. The minimum atomic E-state index is -3.55. The van der Waals surface area contributed by atoms with Crippen molar-refractivity contribution in [3.8, 4) is 11.1 Å². The van der Waals surface area contributed by atoms with Gasteiger partial charge in [0.25, 0.3) is 10.0 Å². The minimum absolute atomic E-state index is 0.160. The van der Waals surface area contributed by atoms with Crippen LogP contribution in [0.3, 0.4) is 0 Å². The number of sulfonamides is 1. The molecule has 6 heteroatoms. The Morgan fingerprint density at radius 3 is 2.39 bits per heavy atom. The normalized spacial score (nSPS) is 15.8. The molecule has 1 aromatic heterocycles. The van der Waals surface area contributed by atoms with Crippen LogP contribution < -0.4 is 5.32 Å². The van der Waals surface area contributed by atoms with Gasteiger partial charge in [-0.05, 0) is 54.5 Å². The van der Waals surface area contributed by atoms with Crippen LogP contribution in [0.5, 0.6) is 0 Å². The van der Waals surface area contributed by atoms with Gasteiger partial charge < -0.3 is 5.32 Å². The second-order valence-corrected chi connectivity index (χ2v) is 10.5. The summed E-state index contributed by atoms with van der Waals surface area (Å²) in [5.41, 5.74) is 3.06. The van der Waals surface area contributed by atoms with Crippen molar-refractivity contribution in [1.82, 2.24) is 14.6 Å². The summed E-state index contributed by atoms with van der Waals surface area (Å²) < 4.78 is 27.6. The zero-order valence-electron chi connectivity index (χ0n) is 17.1. The first-order chi connectivity index (χ1) is 13.3. The standard InChI is InChI=1S/C22H31N3O2S/c1-22(2,3)12-14-23-17-18-8-10-19(11-9-18)20-7-6-13-24-21(20)28(26,27)25-15-4-5-16-25/h6-11,13,23H,4-5,12,14-17H2,1-3H3. The van der Waals surface area contributed by atoms with Crippen molar-refractivity contribution >= 4 is 10.0 Å². The number of hydrogen-bond donors (Lipinski definition) is 1. The van der Waals surface area contributed by atoms with E-state index in [1.807, 2.05) is 18.2 Å². The molecule has 1 saturated heterocycles. The molecule has 1 aliphatic heterocycles. The van der Waals surface area contributed by atoms with E-state index < -0.39 is 10.0 Å². The highest BCUT2D eigenvalue weighted by atomic mass is 32.2. The Kier molecular flexibility index (Phi) is 6.53. The van der Waals surface area contributed by atoms with Gasteiger partial charge in [-0.25, -0.2) is 13.4 Å². The maximum absolute atomic E-state index is 13.0. The van der Waals surface area contributed by atoms with E-state index in [2.05, 4.69) is 43.2 Å². The summed E-state index contributed by atoms with van der Waals surface area (Å²) >= 11 is 0. The van der Waals surface area contributed by atoms with E-state index >= 15 is 0 Å². The molecular formula is C22H31N3O2S. The van der Waals surface area contributed by atoms with Gasteiger partial charge in [-0.3, -0.25) is 0 Å². The van der Waals surface area contributed by atoms with E-state index in [0.717, 1.165) is 37.9 Å². The SMILES string of the molecule is CC(C)(C)CCNCc1ccc(-c2cccnc2S(=O)(=O)N2CCCC2)cc1. The molecule has 0 aliphatic carbocycles.